The van der Waals surface area contributed by atoms with Crippen molar-refractivity contribution in [2.24, 2.45) is 5.10 Å². The van der Waals surface area contributed by atoms with E-state index in [2.05, 4.69) is 5.10 Å². The Balaban J connectivity index is 2.55. The first-order valence-corrected chi connectivity index (χ1v) is 1.04. The van der Waals surface area contributed by atoms with Crippen LogP contribution in [0.4, 0.5) is 0 Å². The Morgan fingerprint density at radius 2 is 2.25 bits per heavy atom. The van der Waals surface area contributed by atoms with Crippen molar-refractivity contribution in [3.8, 4) is 0 Å². The Labute approximate surface area is 25.3 Å². The summed E-state index contributed by atoms with van der Waals surface area (Å²) in [7, 11) is 0. The zero-order chi connectivity index (χ0) is 3.41. The molecule has 0 fully saturated rings. The molecule has 0 aromatic heterocycles. The van der Waals surface area contributed by atoms with E-state index in [4.69, 9.17) is 5.84 Å². The molecule has 0 heterocycles. The number of rotatable bonds is 0. The van der Waals surface area contributed by atoms with Crippen LogP contribution in [0.15, 0.2) is 5.10 Å². The molecule has 0 aromatic carbocycles. The Morgan fingerprint density at radius 3 is 2.25 bits per heavy atom. The van der Waals surface area contributed by atoms with Gasteiger partial charge in [-0.15, -0.1) is 5.10 Å². The first kappa shape index (κ1) is 3.47. The summed E-state index contributed by atoms with van der Waals surface area (Å²) in [6.07, 6.45) is 1.31. The Morgan fingerprint density at radius 1 is 2.00 bits per heavy atom. The second-order valence-electron chi connectivity index (χ2n) is 0.374. The van der Waals surface area contributed by atoms with Crippen LogP contribution in [0.5, 0.6) is 0 Å². The van der Waals surface area contributed by atoms with Gasteiger partial charge in [0.15, 0.2) is 0 Å². The van der Waals surface area contributed by atoms with Crippen molar-refractivity contribution in [3.05, 3.63) is 0 Å². The van der Waals surface area contributed by atoms with E-state index in [0.29, 0.717) is 0 Å². The molecule has 0 saturated carbocycles. The summed E-state index contributed by atoms with van der Waals surface area (Å²) in [5.41, 5.74) is 0. The zero-order valence-corrected chi connectivity index (χ0v) is 2.47. The van der Waals surface area contributed by atoms with Crippen molar-refractivity contribution < 1.29 is 0 Å². The number of hydrogen-bond acceptors (Lipinski definition) is 1. The van der Waals surface area contributed by atoms with Gasteiger partial charge < -0.3 is 0 Å². The predicted molar refractivity (Wildman–Crippen MR) is 16.3 cm³/mol. The minimum absolute atomic E-state index is 1.31. The van der Waals surface area contributed by atoms with Gasteiger partial charge in [-0.05, 0) is 12.8 Å². The van der Waals surface area contributed by atoms with E-state index in [9.17, 15) is 0 Å². The maximum atomic E-state index is 7.44. The van der Waals surface area contributed by atoms with Crippen molar-refractivity contribution in [3.63, 3.8) is 0 Å². The normalized spacial score (nSPS) is 9.25. The molecule has 0 N–H and O–H groups in total. The van der Waals surface area contributed by atoms with Crippen molar-refractivity contribution >= 4 is 6.21 Å². The molecule has 0 aliphatic carbocycles. The summed E-state index contributed by atoms with van der Waals surface area (Å²) >= 11 is 0. The lowest BCUT2D eigenvalue weighted by Crippen LogP contribution is -1.53. The van der Waals surface area contributed by atoms with Crippen LogP contribution < -0.4 is 5.84 Å². The van der Waals surface area contributed by atoms with Gasteiger partial charge in [-0.3, -0.25) is 0 Å². The standard InChI is InChI=1S/C2H4N2/c1-2-4-3/h2H,1H3/b4-2+. The molecule has 2 nitrogen and oxygen atoms in total. The SMILES string of the molecule is C/C=N/[N]. The highest BCUT2D eigenvalue weighted by Crippen LogP contribution is 1.35. The third-order valence-corrected chi connectivity index (χ3v) is 0.115. The lowest BCUT2D eigenvalue weighted by Gasteiger charge is -1.46. The quantitative estimate of drug-likeness (QED) is 0.278. The van der Waals surface area contributed by atoms with Gasteiger partial charge >= 0.3 is 0 Å². The summed E-state index contributed by atoms with van der Waals surface area (Å²) in [5, 5.41) is 2.61. The van der Waals surface area contributed by atoms with Gasteiger partial charge in [-0.2, -0.15) is 0 Å². The van der Waals surface area contributed by atoms with Crippen LogP contribution in [0.2, 0.25) is 0 Å². The molecular formula is C2H4N2. The Hall–Kier alpha value is -0.530. The molecule has 0 atom stereocenters. The monoisotopic (exact) mass is 56.0 g/mol. The van der Waals surface area contributed by atoms with Crippen molar-refractivity contribution in [1.29, 1.82) is 0 Å². The van der Waals surface area contributed by atoms with Gasteiger partial charge in [-0.1, -0.05) is 0 Å². The summed E-state index contributed by atoms with van der Waals surface area (Å²) in [6.45, 7) is 1.64. The second-order valence-corrected chi connectivity index (χ2v) is 0.374. The Bertz CT molecular complexity index is 19.2. The van der Waals surface area contributed by atoms with Crippen LogP contribution in [0.1, 0.15) is 6.92 Å². The maximum Gasteiger partial charge on any atom is 0.0258 e. The van der Waals surface area contributed by atoms with Crippen LogP contribution >= 0.6 is 0 Å². The lowest BCUT2D eigenvalue weighted by atomic mass is 10.9. The number of nitrogens with zero attached hydrogens (tertiary/aromatic N) is 2. The molecule has 0 saturated heterocycles. The minimum Gasteiger partial charge on any atom is -0.142 e. The molecule has 0 rings (SSSR count). The smallest absolute Gasteiger partial charge is 0.0258 e. The zero-order valence-electron chi connectivity index (χ0n) is 2.47. The van der Waals surface area contributed by atoms with E-state index >= 15 is 0 Å². The van der Waals surface area contributed by atoms with Gasteiger partial charge in [0.05, 0.1) is 0 Å². The van der Waals surface area contributed by atoms with Gasteiger partial charge in [0.1, 0.15) is 0 Å². The molecule has 2 radical (unpaired) electrons. The van der Waals surface area contributed by atoms with E-state index in [1.54, 1.807) is 6.92 Å². The van der Waals surface area contributed by atoms with Gasteiger partial charge in [0.25, 0.3) is 0 Å². The molecule has 0 aromatic rings. The predicted octanol–water partition coefficient (Wildman–Crippen LogP) is 0.0608. The third kappa shape index (κ3) is 1.47. The number of hydrogen-bond donors (Lipinski definition) is 0. The topological polar surface area (TPSA) is 34.7 Å². The molecule has 0 unspecified atom stereocenters. The fourth-order valence-corrected chi connectivity index (χ4v) is 0. The molecular weight excluding hydrogens is 52.0 g/mol. The van der Waals surface area contributed by atoms with Gasteiger partial charge in [0, 0.05) is 6.21 Å². The first-order valence-electron chi connectivity index (χ1n) is 1.04. The second kappa shape index (κ2) is 2.47. The van der Waals surface area contributed by atoms with Gasteiger partial charge in [-0.25, -0.2) is 0 Å². The molecule has 22 valence electrons. The largest absolute Gasteiger partial charge is 0.142 e. The molecule has 0 amide bonds. The maximum absolute atomic E-state index is 7.44. The first-order chi connectivity index (χ1) is 1.91. The molecule has 2 heteroatoms. The summed E-state index contributed by atoms with van der Waals surface area (Å²) in [5.74, 6) is 7.44. The molecule has 0 aliphatic heterocycles. The molecule has 0 aliphatic rings. The van der Waals surface area contributed by atoms with Crippen LogP contribution in [0.25, 0.3) is 0 Å². The summed E-state index contributed by atoms with van der Waals surface area (Å²) in [4.78, 5) is 0. The van der Waals surface area contributed by atoms with E-state index in [0.717, 1.165) is 0 Å². The van der Waals surface area contributed by atoms with Crippen LogP contribution in [0, 0.1) is 0 Å². The van der Waals surface area contributed by atoms with E-state index in [-0.39, 0.29) is 0 Å². The highest BCUT2D eigenvalue weighted by atomic mass is 15.1. The van der Waals surface area contributed by atoms with Crippen LogP contribution in [-0.4, -0.2) is 6.21 Å². The fourth-order valence-electron chi connectivity index (χ4n) is 0. The summed E-state index contributed by atoms with van der Waals surface area (Å²) < 4.78 is 0. The van der Waals surface area contributed by atoms with E-state index in [1.807, 2.05) is 0 Å². The van der Waals surface area contributed by atoms with E-state index in [1.165, 1.54) is 6.21 Å². The molecule has 0 bridgehead atoms. The van der Waals surface area contributed by atoms with Crippen molar-refractivity contribution in [2.45, 2.75) is 6.92 Å². The lowest BCUT2D eigenvalue weighted by molar-refractivity contribution is 1.20. The van der Waals surface area contributed by atoms with Crippen molar-refractivity contribution in [2.75, 3.05) is 0 Å². The van der Waals surface area contributed by atoms with E-state index < -0.39 is 0 Å². The van der Waals surface area contributed by atoms with Gasteiger partial charge in [0.2, 0.25) is 0 Å². The molecule has 4 heavy (non-hydrogen) atoms. The third-order valence-electron chi connectivity index (χ3n) is 0.115. The summed E-state index contributed by atoms with van der Waals surface area (Å²) in [6, 6.07) is 0. The average Bonchev–Trinajstić information content (AvgIpc) is 1.37. The fraction of sp³-hybridized carbons (Fsp3) is 0.500. The molecule has 0 spiro atoms. The highest BCUT2D eigenvalue weighted by Gasteiger charge is 1.37. The Kier molecular flexibility index (Phi) is 2.14. The van der Waals surface area contributed by atoms with Crippen molar-refractivity contribution in [1.82, 2.24) is 5.84 Å². The highest BCUT2D eigenvalue weighted by molar-refractivity contribution is 5.52. The van der Waals surface area contributed by atoms with Crippen LogP contribution in [0.3, 0.4) is 0 Å². The average molecular weight is 56.1 g/mol. The van der Waals surface area contributed by atoms with Crippen LogP contribution in [-0.2, 0) is 0 Å². The minimum atomic E-state index is 1.31.